The van der Waals surface area contributed by atoms with Crippen molar-refractivity contribution in [1.29, 1.82) is 0 Å². The van der Waals surface area contributed by atoms with Gasteiger partial charge in [-0.15, -0.1) is 11.3 Å². The van der Waals surface area contributed by atoms with Gasteiger partial charge >= 0.3 is 0 Å². The van der Waals surface area contributed by atoms with Crippen molar-refractivity contribution in [1.82, 2.24) is 4.98 Å². The molecule has 1 aromatic carbocycles. The van der Waals surface area contributed by atoms with Gasteiger partial charge in [-0.2, -0.15) is 0 Å². The molecular formula is C13H15N3O2S. The summed E-state index contributed by atoms with van der Waals surface area (Å²) in [5, 5.41) is 16.7. The molecule has 0 saturated heterocycles. The highest BCUT2D eigenvalue weighted by Crippen LogP contribution is 2.26. The van der Waals surface area contributed by atoms with Crippen molar-refractivity contribution in [3.63, 3.8) is 0 Å². The Morgan fingerprint density at radius 1 is 1.37 bits per heavy atom. The van der Waals surface area contributed by atoms with Gasteiger partial charge in [0.25, 0.3) is 5.69 Å². The summed E-state index contributed by atoms with van der Waals surface area (Å²) in [4.78, 5) is 14.6. The summed E-state index contributed by atoms with van der Waals surface area (Å²) in [7, 11) is 0. The van der Waals surface area contributed by atoms with Gasteiger partial charge < -0.3 is 5.32 Å². The zero-order valence-electron chi connectivity index (χ0n) is 10.6. The topological polar surface area (TPSA) is 68.1 Å². The van der Waals surface area contributed by atoms with Crippen molar-refractivity contribution in [3.05, 3.63) is 39.8 Å². The molecule has 0 spiro atoms. The highest BCUT2D eigenvalue weighted by Gasteiger charge is 2.07. The zero-order valence-corrected chi connectivity index (χ0v) is 11.4. The van der Waals surface area contributed by atoms with Crippen molar-refractivity contribution in [2.45, 2.75) is 19.8 Å². The van der Waals surface area contributed by atoms with Gasteiger partial charge in [-0.25, -0.2) is 4.98 Å². The summed E-state index contributed by atoms with van der Waals surface area (Å²) in [5.74, 6) is 0. The van der Waals surface area contributed by atoms with Gasteiger partial charge in [0.05, 0.1) is 10.6 Å². The number of nitrogens with one attached hydrogen (secondary N) is 1. The molecular weight excluding hydrogens is 262 g/mol. The number of unbranched alkanes of at least 4 members (excludes halogenated alkanes) is 1. The first-order valence-electron chi connectivity index (χ1n) is 6.15. The van der Waals surface area contributed by atoms with E-state index in [0.29, 0.717) is 0 Å². The van der Waals surface area contributed by atoms with E-state index in [-0.39, 0.29) is 5.69 Å². The number of nitrogens with zero attached hydrogens (tertiary/aromatic N) is 2. The SMILES string of the molecule is CCCCNc1nc(-c2ccc([N+](=O)[O-])cc2)cs1. The molecule has 6 heteroatoms. The number of nitro benzene ring substituents is 1. The first kappa shape index (κ1) is 13.5. The number of nitro groups is 1. The maximum absolute atomic E-state index is 10.6. The minimum Gasteiger partial charge on any atom is -0.362 e. The fourth-order valence-corrected chi connectivity index (χ4v) is 2.36. The summed E-state index contributed by atoms with van der Waals surface area (Å²) < 4.78 is 0. The molecule has 100 valence electrons. The van der Waals surface area contributed by atoms with E-state index in [9.17, 15) is 10.1 Å². The largest absolute Gasteiger partial charge is 0.362 e. The summed E-state index contributed by atoms with van der Waals surface area (Å²) in [6, 6.07) is 6.45. The number of non-ortho nitro benzene ring substituents is 1. The average molecular weight is 277 g/mol. The molecule has 1 aromatic heterocycles. The van der Waals surface area contributed by atoms with Gasteiger partial charge in [0.1, 0.15) is 0 Å². The Hall–Kier alpha value is -1.95. The highest BCUT2D eigenvalue weighted by molar-refractivity contribution is 7.14. The zero-order chi connectivity index (χ0) is 13.7. The van der Waals surface area contributed by atoms with Gasteiger partial charge in [0, 0.05) is 29.6 Å². The molecule has 0 amide bonds. The lowest BCUT2D eigenvalue weighted by molar-refractivity contribution is -0.384. The Kier molecular flexibility index (Phi) is 4.46. The molecule has 2 aromatic rings. The molecule has 5 nitrogen and oxygen atoms in total. The molecule has 1 heterocycles. The molecule has 1 N–H and O–H groups in total. The second-order valence-electron chi connectivity index (χ2n) is 4.12. The summed E-state index contributed by atoms with van der Waals surface area (Å²) in [6.07, 6.45) is 2.26. The smallest absolute Gasteiger partial charge is 0.269 e. The van der Waals surface area contributed by atoms with Crippen LogP contribution in [0.25, 0.3) is 11.3 Å². The molecule has 0 bridgehead atoms. The van der Waals surface area contributed by atoms with Crippen LogP contribution in [0.15, 0.2) is 29.6 Å². The first-order chi connectivity index (χ1) is 9.20. The fraction of sp³-hybridized carbons (Fsp3) is 0.308. The van der Waals surface area contributed by atoms with Crippen LogP contribution in [0.4, 0.5) is 10.8 Å². The number of thiazole rings is 1. The molecule has 0 saturated carbocycles. The van der Waals surface area contributed by atoms with Gasteiger partial charge in [0.2, 0.25) is 0 Å². The van der Waals surface area contributed by atoms with Crippen molar-refractivity contribution >= 4 is 22.2 Å². The quantitative estimate of drug-likeness (QED) is 0.493. The molecule has 0 aliphatic carbocycles. The van der Waals surface area contributed by atoms with Crippen LogP contribution in [-0.2, 0) is 0 Å². The number of benzene rings is 1. The van der Waals surface area contributed by atoms with E-state index in [1.54, 1.807) is 23.5 Å². The molecule has 0 aliphatic rings. The summed E-state index contributed by atoms with van der Waals surface area (Å²) in [5.41, 5.74) is 1.84. The van der Waals surface area contributed by atoms with Crippen LogP contribution in [0.3, 0.4) is 0 Å². The van der Waals surface area contributed by atoms with E-state index in [0.717, 1.165) is 35.8 Å². The van der Waals surface area contributed by atoms with Crippen LogP contribution >= 0.6 is 11.3 Å². The number of hydrogen-bond donors (Lipinski definition) is 1. The third kappa shape index (κ3) is 3.51. The van der Waals surface area contributed by atoms with Gasteiger partial charge in [-0.1, -0.05) is 13.3 Å². The lowest BCUT2D eigenvalue weighted by Crippen LogP contribution is -1.99. The molecule has 0 aliphatic heterocycles. The molecule has 0 atom stereocenters. The normalized spacial score (nSPS) is 10.4. The third-order valence-corrected chi connectivity index (χ3v) is 3.48. The number of anilines is 1. The second-order valence-corrected chi connectivity index (χ2v) is 4.98. The van der Waals surface area contributed by atoms with E-state index in [2.05, 4.69) is 17.2 Å². The van der Waals surface area contributed by atoms with E-state index >= 15 is 0 Å². The van der Waals surface area contributed by atoms with Gasteiger partial charge in [0.15, 0.2) is 5.13 Å². The minimum atomic E-state index is -0.400. The van der Waals surface area contributed by atoms with E-state index in [1.807, 2.05) is 5.38 Å². The van der Waals surface area contributed by atoms with Crippen LogP contribution in [-0.4, -0.2) is 16.5 Å². The fourth-order valence-electron chi connectivity index (χ4n) is 1.61. The Balaban J connectivity index is 2.07. The van der Waals surface area contributed by atoms with Crippen LogP contribution in [0, 0.1) is 10.1 Å². The van der Waals surface area contributed by atoms with Gasteiger partial charge in [-0.3, -0.25) is 10.1 Å². The monoisotopic (exact) mass is 277 g/mol. The highest BCUT2D eigenvalue weighted by atomic mass is 32.1. The lowest BCUT2D eigenvalue weighted by atomic mass is 10.1. The van der Waals surface area contributed by atoms with Crippen LogP contribution in [0.5, 0.6) is 0 Å². The lowest BCUT2D eigenvalue weighted by Gasteiger charge is -1.99. The Morgan fingerprint density at radius 3 is 2.74 bits per heavy atom. The number of hydrogen-bond acceptors (Lipinski definition) is 5. The van der Waals surface area contributed by atoms with Crippen LogP contribution < -0.4 is 5.32 Å². The molecule has 0 unspecified atom stereocenters. The van der Waals surface area contributed by atoms with Crippen molar-refractivity contribution in [2.75, 3.05) is 11.9 Å². The average Bonchev–Trinajstić information content (AvgIpc) is 2.88. The van der Waals surface area contributed by atoms with Crippen molar-refractivity contribution < 1.29 is 4.92 Å². The summed E-state index contributed by atoms with van der Waals surface area (Å²) >= 11 is 1.55. The molecule has 19 heavy (non-hydrogen) atoms. The maximum Gasteiger partial charge on any atom is 0.269 e. The maximum atomic E-state index is 10.6. The minimum absolute atomic E-state index is 0.0975. The van der Waals surface area contributed by atoms with Crippen molar-refractivity contribution in [3.8, 4) is 11.3 Å². The second kappa shape index (κ2) is 6.29. The predicted molar refractivity (Wildman–Crippen MR) is 77.6 cm³/mol. The van der Waals surface area contributed by atoms with Crippen molar-refractivity contribution in [2.24, 2.45) is 0 Å². The number of aromatic nitrogens is 1. The predicted octanol–water partition coefficient (Wildman–Crippen LogP) is 3.93. The Morgan fingerprint density at radius 2 is 2.11 bits per heavy atom. The first-order valence-corrected chi connectivity index (χ1v) is 7.03. The van der Waals surface area contributed by atoms with Crippen LogP contribution in [0.1, 0.15) is 19.8 Å². The molecule has 0 radical (unpaired) electrons. The van der Waals surface area contributed by atoms with E-state index < -0.39 is 4.92 Å². The Bertz CT molecular complexity index is 551. The third-order valence-electron chi connectivity index (χ3n) is 2.68. The van der Waals surface area contributed by atoms with E-state index in [1.165, 1.54) is 12.1 Å². The standard InChI is InChI=1S/C13H15N3O2S/c1-2-3-8-14-13-15-12(9-19-13)10-4-6-11(7-5-10)16(17)18/h4-7,9H,2-3,8H2,1H3,(H,14,15). The molecule has 2 rings (SSSR count). The molecule has 0 fully saturated rings. The number of rotatable bonds is 6. The van der Waals surface area contributed by atoms with E-state index in [4.69, 9.17) is 0 Å². The summed E-state index contributed by atoms with van der Waals surface area (Å²) in [6.45, 7) is 3.07. The van der Waals surface area contributed by atoms with Gasteiger partial charge in [-0.05, 0) is 18.6 Å². The van der Waals surface area contributed by atoms with Crippen LogP contribution in [0.2, 0.25) is 0 Å². The Labute approximate surface area is 115 Å².